The first kappa shape index (κ1) is 40.8. The molecule has 0 atom stereocenters. The van der Waals surface area contributed by atoms with Crippen molar-refractivity contribution in [1.82, 2.24) is 0 Å². The van der Waals surface area contributed by atoms with Crippen LogP contribution < -0.4 is 10.2 Å². The molecule has 0 heterocycles. The third kappa shape index (κ3) is 45.6. The van der Waals surface area contributed by atoms with Gasteiger partial charge >= 0.3 is 27.3 Å². The molecule has 0 aliphatic heterocycles. The fourth-order valence-electron chi connectivity index (χ4n) is 3.97. The minimum atomic E-state index is -0.916. The predicted octanol–water partition coefficient (Wildman–Crippen LogP) is 7.61. The Hall–Kier alpha value is -0.658. The van der Waals surface area contributed by atoms with Crippen molar-refractivity contribution >= 4 is 39.2 Å². The zero-order valence-corrected chi connectivity index (χ0v) is 28.3. The van der Waals surface area contributed by atoms with Gasteiger partial charge in [-0.3, -0.25) is 0 Å². The molecule has 0 aliphatic rings. The van der Waals surface area contributed by atoms with Crippen LogP contribution in [0.15, 0.2) is 24.3 Å². The van der Waals surface area contributed by atoms with Crippen LogP contribution in [0, 0.1) is 0 Å². The second-order valence-electron chi connectivity index (χ2n) is 10.00. The first-order chi connectivity index (χ1) is 17.5. The SMILES string of the molecule is CCCCCC/C=C/CCCCCCCC(=O)[O-].CCCCCC/C=C\CCCCCCCC(=O)[O-].[Pb+2]. The molecule has 37 heavy (non-hydrogen) atoms. The van der Waals surface area contributed by atoms with Gasteiger partial charge in [-0.1, -0.05) is 115 Å². The molecule has 0 saturated heterocycles. The second kappa shape index (κ2) is 37.5. The average Bonchev–Trinajstić information content (AvgIpc) is 2.85. The van der Waals surface area contributed by atoms with Crippen LogP contribution in [0.25, 0.3) is 0 Å². The zero-order chi connectivity index (χ0) is 27.0. The molecule has 0 fully saturated rings. The van der Waals surface area contributed by atoms with Crippen LogP contribution in [0.2, 0.25) is 0 Å². The van der Waals surface area contributed by atoms with E-state index in [2.05, 4.69) is 38.2 Å². The van der Waals surface area contributed by atoms with Gasteiger partial charge in [0.25, 0.3) is 0 Å². The Kier molecular flexibility index (Phi) is 41.4. The molecule has 0 unspecified atom stereocenters. The summed E-state index contributed by atoms with van der Waals surface area (Å²) in [6.07, 6.45) is 36.0. The first-order valence-electron chi connectivity index (χ1n) is 15.2. The topological polar surface area (TPSA) is 80.3 Å². The Balaban J connectivity index is -0.000000608. The van der Waals surface area contributed by atoms with E-state index in [1.54, 1.807) is 0 Å². The Morgan fingerprint density at radius 3 is 0.946 bits per heavy atom. The van der Waals surface area contributed by atoms with Gasteiger partial charge in [0.05, 0.1) is 0 Å². The number of hydrogen-bond acceptors (Lipinski definition) is 4. The van der Waals surface area contributed by atoms with Gasteiger partial charge in [-0.05, 0) is 77.0 Å². The monoisotopic (exact) mass is 714 g/mol. The molecule has 0 spiro atoms. The van der Waals surface area contributed by atoms with Crippen molar-refractivity contribution in [2.45, 2.75) is 168 Å². The maximum Gasteiger partial charge on any atom is 2.00 e. The van der Waals surface area contributed by atoms with Gasteiger partial charge in [-0.2, -0.15) is 0 Å². The minimum Gasteiger partial charge on any atom is -0.550 e. The minimum absolute atomic E-state index is 0. The van der Waals surface area contributed by atoms with E-state index >= 15 is 0 Å². The molecule has 0 rings (SSSR count). The van der Waals surface area contributed by atoms with E-state index < -0.39 is 11.9 Å². The molecule has 0 aliphatic carbocycles. The molecular weight excluding hydrogens is 656 g/mol. The van der Waals surface area contributed by atoms with Gasteiger partial charge in [0, 0.05) is 11.9 Å². The molecule has 0 bridgehead atoms. The van der Waals surface area contributed by atoms with E-state index in [1.807, 2.05) is 0 Å². The van der Waals surface area contributed by atoms with Crippen molar-refractivity contribution in [1.29, 1.82) is 0 Å². The molecule has 0 amide bonds. The molecule has 214 valence electrons. The van der Waals surface area contributed by atoms with Crippen molar-refractivity contribution in [3.63, 3.8) is 0 Å². The molecule has 0 aromatic heterocycles. The third-order valence-corrected chi connectivity index (χ3v) is 6.29. The number of carbonyl (C=O) groups is 2. The van der Waals surface area contributed by atoms with E-state index in [0.717, 1.165) is 38.5 Å². The van der Waals surface area contributed by atoms with E-state index in [9.17, 15) is 19.8 Å². The van der Waals surface area contributed by atoms with Crippen LogP contribution in [-0.4, -0.2) is 39.2 Å². The summed E-state index contributed by atoms with van der Waals surface area (Å²) in [6.45, 7) is 4.48. The maximum atomic E-state index is 10.2. The van der Waals surface area contributed by atoms with Gasteiger partial charge in [-0.25, -0.2) is 0 Å². The van der Waals surface area contributed by atoms with Crippen LogP contribution >= 0.6 is 0 Å². The summed E-state index contributed by atoms with van der Waals surface area (Å²) in [5, 5.41) is 20.4. The standard InChI is InChI=1S/2C16H30O2.Pb/c2*1-2-3-4-5-6-7-8-9-10-11-12-13-14-15-16(17)18;/h2*7-8H,2-6,9-15H2,1H3,(H,17,18);/q;;+2/p-2/b8-7+;8-7-;. The molecule has 2 radical (unpaired) electrons. The van der Waals surface area contributed by atoms with Gasteiger partial charge in [0.2, 0.25) is 0 Å². The molecule has 0 aromatic carbocycles. The van der Waals surface area contributed by atoms with E-state index in [4.69, 9.17) is 0 Å². The average molecular weight is 714 g/mol. The van der Waals surface area contributed by atoms with E-state index in [-0.39, 0.29) is 40.1 Å². The number of carbonyl (C=O) groups excluding carboxylic acids is 2. The Morgan fingerprint density at radius 1 is 0.432 bits per heavy atom. The number of unbranched alkanes of at least 4 members (excludes halogenated alkanes) is 18. The third-order valence-electron chi connectivity index (χ3n) is 6.29. The van der Waals surface area contributed by atoms with Crippen molar-refractivity contribution < 1.29 is 19.8 Å². The molecule has 0 aromatic rings. The van der Waals surface area contributed by atoms with Crippen molar-refractivity contribution in [3.05, 3.63) is 24.3 Å². The van der Waals surface area contributed by atoms with Gasteiger partial charge in [0.1, 0.15) is 0 Å². The fraction of sp³-hybridized carbons (Fsp3) is 0.812. The number of aliphatic carboxylic acids is 2. The van der Waals surface area contributed by atoms with E-state index in [1.165, 1.54) is 103 Å². The predicted molar refractivity (Wildman–Crippen MR) is 156 cm³/mol. The smallest absolute Gasteiger partial charge is 0.550 e. The number of allylic oxidation sites excluding steroid dienone is 4. The van der Waals surface area contributed by atoms with E-state index in [0.29, 0.717) is 0 Å². The van der Waals surface area contributed by atoms with Crippen molar-refractivity contribution in [3.8, 4) is 0 Å². The van der Waals surface area contributed by atoms with Gasteiger partial charge in [0.15, 0.2) is 0 Å². The molecule has 0 N–H and O–H groups in total. The summed E-state index contributed by atoms with van der Waals surface area (Å²) in [7, 11) is 0. The number of rotatable bonds is 26. The van der Waals surface area contributed by atoms with Gasteiger partial charge in [-0.15, -0.1) is 0 Å². The summed E-state index contributed by atoms with van der Waals surface area (Å²) in [5.41, 5.74) is 0. The zero-order valence-electron chi connectivity index (χ0n) is 24.4. The van der Waals surface area contributed by atoms with Gasteiger partial charge < -0.3 is 19.8 Å². The summed E-state index contributed by atoms with van der Waals surface area (Å²) >= 11 is 0. The molecule has 4 nitrogen and oxygen atoms in total. The summed E-state index contributed by atoms with van der Waals surface area (Å²) in [5.74, 6) is -1.83. The van der Waals surface area contributed by atoms with Crippen LogP contribution in [0.3, 0.4) is 0 Å². The maximum absolute atomic E-state index is 10.2. The Bertz CT molecular complexity index is 471. The normalized spacial score (nSPS) is 10.9. The fourth-order valence-corrected chi connectivity index (χ4v) is 3.97. The quantitative estimate of drug-likeness (QED) is 0.0526. The number of carboxylic acid groups (broad SMARTS) is 2. The molecule has 5 heteroatoms. The van der Waals surface area contributed by atoms with Crippen LogP contribution in [0.5, 0.6) is 0 Å². The number of carboxylic acids is 2. The Morgan fingerprint density at radius 2 is 0.676 bits per heavy atom. The van der Waals surface area contributed by atoms with Crippen molar-refractivity contribution in [2.24, 2.45) is 0 Å². The summed E-state index contributed by atoms with van der Waals surface area (Å²) in [6, 6.07) is 0. The first-order valence-corrected chi connectivity index (χ1v) is 15.2. The van der Waals surface area contributed by atoms with Crippen LogP contribution in [0.4, 0.5) is 0 Å². The largest absolute Gasteiger partial charge is 2.00 e. The second-order valence-corrected chi connectivity index (χ2v) is 10.00. The molecule has 0 saturated carbocycles. The summed E-state index contributed by atoms with van der Waals surface area (Å²) in [4.78, 5) is 20.4. The number of hydrogen-bond donors (Lipinski definition) is 0. The van der Waals surface area contributed by atoms with Crippen molar-refractivity contribution in [2.75, 3.05) is 0 Å². The molecular formula is C32H58O4Pb. The van der Waals surface area contributed by atoms with Crippen LogP contribution in [-0.2, 0) is 9.59 Å². The summed E-state index contributed by atoms with van der Waals surface area (Å²) < 4.78 is 0. The van der Waals surface area contributed by atoms with Crippen LogP contribution in [0.1, 0.15) is 168 Å². The Labute approximate surface area is 250 Å².